The summed E-state index contributed by atoms with van der Waals surface area (Å²) in [6.45, 7) is 11.1. The Morgan fingerprint density at radius 1 is 1.22 bits per heavy atom. The maximum absolute atomic E-state index is 12.9. The summed E-state index contributed by atoms with van der Waals surface area (Å²) < 4.78 is 6.11. The summed E-state index contributed by atoms with van der Waals surface area (Å²) in [5, 5.41) is 13.4. The number of anilines is 1. The van der Waals surface area contributed by atoms with Gasteiger partial charge in [-0.05, 0) is 51.0 Å². The molecule has 1 aromatic heterocycles. The van der Waals surface area contributed by atoms with Gasteiger partial charge in [-0.3, -0.25) is 0 Å². The summed E-state index contributed by atoms with van der Waals surface area (Å²) in [6, 6.07) is 3.01. The lowest BCUT2D eigenvalue weighted by Crippen LogP contribution is -2.60. The fourth-order valence-electron chi connectivity index (χ4n) is 5.13. The molecule has 1 N–H and O–H groups in total. The second-order valence-corrected chi connectivity index (χ2v) is 10.9. The molecule has 0 spiro atoms. The van der Waals surface area contributed by atoms with E-state index in [1.54, 1.807) is 0 Å². The van der Waals surface area contributed by atoms with E-state index in [9.17, 15) is 10.1 Å². The van der Waals surface area contributed by atoms with Gasteiger partial charge in [-0.25, -0.2) is 9.78 Å². The monoisotopic (exact) mass is 437 g/mol. The number of ether oxygens (including phenoxy) is 1. The largest absolute Gasteiger partial charge is 0.370 e. The lowest BCUT2D eigenvalue weighted by atomic mass is 9.87. The highest BCUT2D eigenvalue weighted by Crippen LogP contribution is 2.46. The number of amides is 2. The average molecular weight is 438 g/mol. The number of nitrogens with zero attached hydrogens (tertiary/aromatic N) is 4. The van der Waals surface area contributed by atoms with Crippen molar-refractivity contribution in [2.75, 3.05) is 24.5 Å². The van der Waals surface area contributed by atoms with Gasteiger partial charge in [-0.2, -0.15) is 5.26 Å². The Kier molecular flexibility index (Phi) is 5.32. The number of carbonyl (C=O) groups is 1. The van der Waals surface area contributed by atoms with E-state index in [0.717, 1.165) is 54.7 Å². The molecule has 1 saturated heterocycles. The molecule has 172 valence electrons. The molecule has 3 fully saturated rings. The molecule has 1 unspecified atom stereocenters. The standard InChI is InChI=1S/C25H35N5O2/c1-15(2)21-13-29(9-10-30(21)24(31)27-17-7-8-17)23-19(12-26)18-11-25(3,4)32-14-20(18)22(28-23)16-5-6-16/h15-17,21H,5-11,13-14H2,1-4H3,(H,27,31). The lowest BCUT2D eigenvalue weighted by molar-refractivity contribution is -0.0407. The first kappa shape index (κ1) is 21.5. The number of hydrogen-bond donors (Lipinski definition) is 1. The highest BCUT2D eigenvalue weighted by Gasteiger charge is 2.40. The fraction of sp³-hybridized carbons (Fsp3) is 0.720. The topological polar surface area (TPSA) is 81.5 Å². The Morgan fingerprint density at radius 2 is 1.97 bits per heavy atom. The highest BCUT2D eigenvalue weighted by atomic mass is 16.5. The Bertz CT molecular complexity index is 958. The lowest BCUT2D eigenvalue weighted by Gasteiger charge is -2.44. The van der Waals surface area contributed by atoms with Crippen LogP contribution in [0.4, 0.5) is 10.6 Å². The van der Waals surface area contributed by atoms with Crippen molar-refractivity contribution in [2.24, 2.45) is 5.92 Å². The van der Waals surface area contributed by atoms with Crippen molar-refractivity contribution < 1.29 is 9.53 Å². The molecule has 0 bridgehead atoms. The second-order valence-electron chi connectivity index (χ2n) is 10.9. The zero-order valence-corrected chi connectivity index (χ0v) is 19.8. The van der Waals surface area contributed by atoms with Crippen molar-refractivity contribution in [3.05, 3.63) is 22.4 Å². The van der Waals surface area contributed by atoms with Crippen molar-refractivity contribution in [3.8, 4) is 6.07 Å². The number of rotatable bonds is 4. The van der Waals surface area contributed by atoms with Gasteiger partial charge in [0.05, 0.1) is 29.5 Å². The van der Waals surface area contributed by atoms with Gasteiger partial charge in [0.15, 0.2) is 0 Å². The Morgan fingerprint density at radius 3 is 2.59 bits per heavy atom. The van der Waals surface area contributed by atoms with Crippen molar-refractivity contribution >= 4 is 11.8 Å². The molecule has 4 aliphatic rings. The summed E-state index contributed by atoms with van der Waals surface area (Å²) in [5.74, 6) is 1.63. The van der Waals surface area contributed by atoms with E-state index < -0.39 is 0 Å². The first-order valence-electron chi connectivity index (χ1n) is 12.2. The third-order valence-corrected chi connectivity index (χ3v) is 7.36. The molecular weight excluding hydrogens is 402 g/mol. The third kappa shape index (κ3) is 4.05. The van der Waals surface area contributed by atoms with Crippen LogP contribution < -0.4 is 10.2 Å². The van der Waals surface area contributed by atoms with Crippen LogP contribution in [0.1, 0.15) is 81.7 Å². The van der Waals surface area contributed by atoms with Crippen LogP contribution in [-0.4, -0.2) is 53.2 Å². The molecule has 7 heteroatoms. The zero-order chi connectivity index (χ0) is 22.6. The van der Waals surface area contributed by atoms with Gasteiger partial charge in [0.25, 0.3) is 0 Å². The molecule has 2 aliphatic carbocycles. The van der Waals surface area contributed by atoms with Crippen molar-refractivity contribution in [1.29, 1.82) is 5.26 Å². The minimum atomic E-state index is -0.280. The normalized spacial score (nSPS) is 24.8. The number of pyridine rings is 1. The average Bonchev–Trinajstić information content (AvgIpc) is 3.66. The summed E-state index contributed by atoms with van der Waals surface area (Å²) in [5.41, 5.74) is 3.84. The van der Waals surface area contributed by atoms with Crippen LogP contribution in [0.2, 0.25) is 0 Å². The van der Waals surface area contributed by atoms with E-state index in [4.69, 9.17) is 9.72 Å². The number of nitriles is 1. The van der Waals surface area contributed by atoms with Crippen molar-refractivity contribution in [2.45, 2.75) is 90.0 Å². The minimum Gasteiger partial charge on any atom is -0.370 e. The van der Waals surface area contributed by atoms with Gasteiger partial charge >= 0.3 is 6.03 Å². The van der Waals surface area contributed by atoms with Gasteiger partial charge in [-0.1, -0.05) is 13.8 Å². The molecule has 7 nitrogen and oxygen atoms in total. The van der Waals surface area contributed by atoms with E-state index in [-0.39, 0.29) is 17.7 Å². The molecule has 2 saturated carbocycles. The van der Waals surface area contributed by atoms with Gasteiger partial charge in [0, 0.05) is 43.6 Å². The predicted octanol–water partition coefficient (Wildman–Crippen LogP) is 3.70. The second kappa shape index (κ2) is 7.91. The number of fused-ring (bicyclic) bond motifs is 1. The van der Waals surface area contributed by atoms with Crippen molar-refractivity contribution in [1.82, 2.24) is 15.2 Å². The molecule has 0 aromatic carbocycles. The van der Waals surface area contributed by atoms with E-state index in [2.05, 4.69) is 44.0 Å². The van der Waals surface area contributed by atoms with Gasteiger partial charge in [0.1, 0.15) is 11.9 Å². The summed E-state index contributed by atoms with van der Waals surface area (Å²) in [6.07, 6.45) is 5.24. The Balaban J connectivity index is 1.48. The molecule has 1 aromatic rings. The number of aromatic nitrogens is 1. The number of nitrogens with one attached hydrogen (secondary N) is 1. The first-order chi connectivity index (χ1) is 15.3. The minimum absolute atomic E-state index is 0.0577. The van der Waals surface area contributed by atoms with E-state index in [0.29, 0.717) is 49.7 Å². The molecule has 5 rings (SSSR count). The summed E-state index contributed by atoms with van der Waals surface area (Å²) in [7, 11) is 0. The predicted molar refractivity (Wildman–Crippen MR) is 123 cm³/mol. The van der Waals surface area contributed by atoms with E-state index in [1.807, 2.05) is 4.90 Å². The summed E-state index contributed by atoms with van der Waals surface area (Å²) >= 11 is 0. The van der Waals surface area contributed by atoms with Crippen LogP contribution >= 0.6 is 0 Å². The van der Waals surface area contributed by atoms with E-state index >= 15 is 0 Å². The van der Waals surface area contributed by atoms with Gasteiger partial charge < -0.3 is 19.9 Å². The van der Waals surface area contributed by atoms with Gasteiger partial charge in [0.2, 0.25) is 0 Å². The Labute approximate surface area is 191 Å². The van der Waals surface area contributed by atoms with Crippen LogP contribution in [-0.2, 0) is 17.8 Å². The molecule has 3 heterocycles. The summed E-state index contributed by atoms with van der Waals surface area (Å²) in [4.78, 5) is 22.2. The zero-order valence-electron chi connectivity index (χ0n) is 19.8. The molecular formula is C25H35N5O2. The quantitative estimate of drug-likeness (QED) is 0.777. The van der Waals surface area contributed by atoms with Crippen LogP contribution in [0.15, 0.2) is 0 Å². The molecule has 0 radical (unpaired) electrons. The number of urea groups is 1. The van der Waals surface area contributed by atoms with Crippen molar-refractivity contribution in [3.63, 3.8) is 0 Å². The van der Waals surface area contributed by atoms with E-state index in [1.165, 1.54) is 0 Å². The van der Waals surface area contributed by atoms with Crippen LogP contribution in [0.25, 0.3) is 0 Å². The molecule has 2 amide bonds. The smallest absolute Gasteiger partial charge is 0.317 e. The van der Waals surface area contributed by atoms with Gasteiger partial charge in [-0.15, -0.1) is 0 Å². The molecule has 32 heavy (non-hydrogen) atoms. The van der Waals surface area contributed by atoms with Crippen LogP contribution in [0, 0.1) is 17.2 Å². The SMILES string of the molecule is CC(C)C1CN(c2nc(C3CC3)c3c(c2C#N)CC(C)(C)OC3)CCN1C(=O)NC1CC1. The fourth-order valence-corrected chi connectivity index (χ4v) is 5.13. The molecule has 2 aliphatic heterocycles. The highest BCUT2D eigenvalue weighted by molar-refractivity contribution is 5.76. The molecule has 1 atom stereocenters. The third-order valence-electron chi connectivity index (χ3n) is 7.36. The number of hydrogen-bond acceptors (Lipinski definition) is 5. The maximum atomic E-state index is 12.9. The first-order valence-corrected chi connectivity index (χ1v) is 12.2. The number of carbonyl (C=O) groups excluding carboxylic acids is 1. The maximum Gasteiger partial charge on any atom is 0.317 e. The van der Waals surface area contributed by atoms with Crippen LogP contribution in [0.3, 0.4) is 0 Å². The Hall–Kier alpha value is -2.33. The number of piperazine rings is 1. The van der Waals surface area contributed by atoms with Crippen LogP contribution in [0.5, 0.6) is 0 Å².